The molecule has 1 fully saturated rings. The van der Waals surface area contributed by atoms with E-state index in [9.17, 15) is 28.0 Å². The van der Waals surface area contributed by atoms with Gasteiger partial charge in [-0.25, -0.2) is 9.67 Å². The van der Waals surface area contributed by atoms with Gasteiger partial charge in [-0.1, -0.05) is 13.8 Å². The second kappa shape index (κ2) is 7.86. The standard InChI is InChI=1S/C18H24F3N7O2/c1-17(2,14(23)15(30)27-5-3-4-11(27)9-22)8-13(29)26-6-7-28-12(10-26)24-16(25-28)18(19,20)21/h11,14H,3-8,10,23H2,1-2H3/t11-,14+/m0/s1. The molecule has 3 rings (SSSR count). The van der Waals surface area contributed by atoms with Gasteiger partial charge >= 0.3 is 6.18 Å². The number of alkyl halides is 3. The number of hydrogen-bond donors (Lipinski definition) is 1. The fraction of sp³-hybridized carbons (Fsp3) is 0.722. The monoisotopic (exact) mass is 427 g/mol. The SMILES string of the molecule is CC(C)(CC(=O)N1CCn2nc(C(F)(F)F)nc2C1)[C@H](N)C(=O)N1CCC[C@H]1C#N. The fourth-order valence-electron chi connectivity index (χ4n) is 3.76. The number of likely N-dealkylation sites (tertiary alicyclic amines) is 1. The van der Waals surface area contributed by atoms with Crippen LogP contribution in [-0.2, 0) is 28.9 Å². The van der Waals surface area contributed by atoms with Crippen LogP contribution in [0.1, 0.15) is 44.8 Å². The van der Waals surface area contributed by atoms with Crippen molar-refractivity contribution < 1.29 is 22.8 Å². The smallest absolute Gasteiger partial charge is 0.333 e. The topological polar surface area (TPSA) is 121 Å². The summed E-state index contributed by atoms with van der Waals surface area (Å²) in [5.74, 6) is -1.86. The lowest BCUT2D eigenvalue weighted by Crippen LogP contribution is -2.54. The number of amides is 2. The van der Waals surface area contributed by atoms with Crippen LogP contribution < -0.4 is 5.73 Å². The molecule has 2 amide bonds. The van der Waals surface area contributed by atoms with Crippen LogP contribution in [0.5, 0.6) is 0 Å². The first kappa shape index (κ1) is 22.0. The van der Waals surface area contributed by atoms with Crippen molar-refractivity contribution in [3.8, 4) is 6.07 Å². The highest BCUT2D eigenvalue weighted by atomic mass is 19.4. The van der Waals surface area contributed by atoms with E-state index in [1.807, 2.05) is 0 Å². The van der Waals surface area contributed by atoms with E-state index in [0.29, 0.717) is 13.0 Å². The van der Waals surface area contributed by atoms with Gasteiger partial charge in [0.2, 0.25) is 11.8 Å². The quantitative estimate of drug-likeness (QED) is 0.762. The fourth-order valence-corrected chi connectivity index (χ4v) is 3.76. The maximum absolute atomic E-state index is 12.8. The Bertz CT molecular complexity index is 874. The van der Waals surface area contributed by atoms with Gasteiger partial charge in [0.1, 0.15) is 11.9 Å². The molecule has 1 saturated heterocycles. The molecule has 0 unspecified atom stereocenters. The molecule has 1 aromatic rings. The molecule has 9 nitrogen and oxygen atoms in total. The summed E-state index contributed by atoms with van der Waals surface area (Å²) < 4.78 is 39.6. The highest BCUT2D eigenvalue weighted by molar-refractivity contribution is 5.85. The molecule has 0 spiro atoms. The lowest BCUT2D eigenvalue weighted by Gasteiger charge is -2.36. The Hall–Kier alpha value is -2.68. The van der Waals surface area contributed by atoms with Gasteiger partial charge in [-0.15, -0.1) is 5.10 Å². The summed E-state index contributed by atoms with van der Waals surface area (Å²) in [6, 6.07) is 0.601. The number of nitriles is 1. The molecule has 0 aromatic carbocycles. The Morgan fingerprint density at radius 3 is 2.63 bits per heavy atom. The van der Waals surface area contributed by atoms with Gasteiger partial charge in [-0.3, -0.25) is 9.59 Å². The van der Waals surface area contributed by atoms with Crippen molar-refractivity contribution in [2.45, 2.75) is 64.5 Å². The second-order valence-corrected chi connectivity index (χ2v) is 8.35. The molecule has 2 N–H and O–H groups in total. The maximum Gasteiger partial charge on any atom is 0.453 e. The minimum Gasteiger partial charge on any atom is -0.333 e. The van der Waals surface area contributed by atoms with E-state index >= 15 is 0 Å². The van der Waals surface area contributed by atoms with Crippen molar-refractivity contribution in [1.29, 1.82) is 5.26 Å². The number of nitrogens with zero attached hydrogens (tertiary/aromatic N) is 6. The summed E-state index contributed by atoms with van der Waals surface area (Å²) in [5, 5.41) is 12.6. The second-order valence-electron chi connectivity index (χ2n) is 8.35. The molecule has 1 aromatic heterocycles. The predicted octanol–water partition coefficient (Wildman–Crippen LogP) is 0.897. The third kappa shape index (κ3) is 4.26. The summed E-state index contributed by atoms with van der Waals surface area (Å²) in [6.07, 6.45) is -3.39. The van der Waals surface area contributed by atoms with Gasteiger partial charge in [-0.05, 0) is 18.3 Å². The number of fused-ring (bicyclic) bond motifs is 1. The Balaban J connectivity index is 1.65. The zero-order chi connectivity index (χ0) is 22.3. The minimum absolute atomic E-state index is 0.0639. The first-order chi connectivity index (χ1) is 13.9. The molecule has 12 heteroatoms. The van der Waals surface area contributed by atoms with Gasteiger partial charge < -0.3 is 15.5 Å². The van der Waals surface area contributed by atoms with Crippen molar-refractivity contribution in [2.75, 3.05) is 13.1 Å². The molecular formula is C18H24F3N7O2. The van der Waals surface area contributed by atoms with Crippen LogP contribution >= 0.6 is 0 Å². The number of rotatable bonds is 4. The van der Waals surface area contributed by atoms with Gasteiger partial charge in [0.15, 0.2) is 0 Å². The number of carbonyl (C=O) groups excluding carboxylic acids is 2. The summed E-state index contributed by atoms with van der Waals surface area (Å²) in [4.78, 5) is 31.9. The largest absolute Gasteiger partial charge is 0.453 e. The van der Waals surface area contributed by atoms with Gasteiger partial charge in [0.25, 0.3) is 5.82 Å². The Kier molecular flexibility index (Phi) is 5.77. The van der Waals surface area contributed by atoms with E-state index in [0.717, 1.165) is 11.1 Å². The number of hydrogen-bond acceptors (Lipinski definition) is 6. The Labute approximate surface area is 171 Å². The van der Waals surface area contributed by atoms with Crippen LogP contribution in [0.2, 0.25) is 0 Å². The molecule has 3 heterocycles. The molecular weight excluding hydrogens is 403 g/mol. The summed E-state index contributed by atoms with van der Waals surface area (Å²) in [5.41, 5.74) is 5.27. The summed E-state index contributed by atoms with van der Waals surface area (Å²) in [6.45, 7) is 4.04. The predicted molar refractivity (Wildman–Crippen MR) is 97.2 cm³/mol. The minimum atomic E-state index is -4.65. The van der Waals surface area contributed by atoms with Crippen LogP contribution in [0.25, 0.3) is 0 Å². The molecule has 0 bridgehead atoms. The first-order valence-electron chi connectivity index (χ1n) is 9.68. The molecule has 2 aliphatic rings. The maximum atomic E-state index is 12.8. The van der Waals surface area contributed by atoms with E-state index in [1.165, 1.54) is 9.80 Å². The van der Waals surface area contributed by atoms with E-state index < -0.39 is 29.5 Å². The number of carbonyl (C=O) groups is 2. The summed E-state index contributed by atoms with van der Waals surface area (Å²) >= 11 is 0. The van der Waals surface area contributed by atoms with E-state index in [1.54, 1.807) is 13.8 Å². The van der Waals surface area contributed by atoms with E-state index in [2.05, 4.69) is 16.2 Å². The number of nitrogens with two attached hydrogens (primary N) is 1. The average molecular weight is 427 g/mol. The molecule has 164 valence electrons. The lowest BCUT2D eigenvalue weighted by molar-refractivity contribution is -0.145. The third-order valence-electron chi connectivity index (χ3n) is 5.67. The van der Waals surface area contributed by atoms with Crippen molar-refractivity contribution in [1.82, 2.24) is 24.6 Å². The summed E-state index contributed by atoms with van der Waals surface area (Å²) in [7, 11) is 0. The Morgan fingerprint density at radius 2 is 2.00 bits per heavy atom. The molecule has 30 heavy (non-hydrogen) atoms. The normalized spacial score (nSPS) is 20.6. The zero-order valence-electron chi connectivity index (χ0n) is 16.8. The van der Waals surface area contributed by atoms with Crippen LogP contribution in [0, 0.1) is 16.7 Å². The first-order valence-corrected chi connectivity index (χ1v) is 9.68. The van der Waals surface area contributed by atoms with Crippen LogP contribution in [0.3, 0.4) is 0 Å². The molecule has 0 aliphatic carbocycles. The van der Waals surface area contributed by atoms with Crippen molar-refractivity contribution in [3.63, 3.8) is 0 Å². The highest BCUT2D eigenvalue weighted by Crippen LogP contribution is 2.30. The van der Waals surface area contributed by atoms with Crippen LogP contribution in [0.4, 0.5) is 13.2 Å². The molecule has 2 aliphatic heterocycles. The molecule has 2 atom stereocenters. The average Bonchev–Trinajstić information content (AvgIpc) is 3.31. The highest BCUT2D eigenvalue weighted by Gasteiger charge is 2.42. The lowest BCUT2D eigenvalue weighted by atomic mass is 9.80. The third-order valence-corrected chi connectivity index (χ3v) is 5.67. The molecule has 0 radical (unpaired) electrons. The van der Waals surface area contributed by atoms with E-state index in [4.69, 9.17) is 5.73 Å². The van der Waals surface area contributed by atoms with Gasteiger partial charge in [-0.2, -0.15) is 18.4 Å². The van der Waals surface area contributed by atoms with Crippen LogP contribution in [-0.4, -0.2) is 61.6 Å². The number of aromatic nitrogens is 3. The van der Waals surface area contributed by atoms with Crippen molar-refractivity contribution >= 4 is 11.8 Å². The van der Waals surface area contributed by atoms with Crippen molar-refractivity contribution in [2.24, 2.45) is 11.1 Å². The van der Waals surface area contributed by atoms with Crippen LogP contribution in [0.15, 0.2) is 0 Å². The zero-order valence-corrected chi connectivity index (χ0v) is 16.8. The molecule has 0 saturated carbocycles. The Morgan fingerprint density at radius 1 is 1.30 bits per heavy atom. The van der Waals surface area contributed by atoms with Gasteiger partial charge in [0, 0.05) is 19.5 Å². The van der Waals surface area contributed by atoms with Gasteiger partial charge in [0.05, 0.1) is 25.2 Å². The van der Waals surface area contributed by atoms with E-state index in [-0.39, 0.29) is 43.7 Å². The number of halogens is 3. The van der Waals surface area contributed by atoms with Crippen molar-refractivity contribution in [3.05, 3.63) is 11.6 Å².